The van der Waals surface area contributed by atoms with E-state index in [1.54, 1.807) is 12.1 Å². The number of hydrogen-bond acceptors (Lipinski definition) is 4. The van der Waals surface area contributed by atoms with Crippen molar-refractivity contribution in [3.05, 3.63) is 33.9 Å². The number of piperidine rings is 2. The van der Waals surface area contributed by atoms with Crippen molar-refractivity contribution in [2.45, 2.75) is 76.9 Å². The van der Waals surface area contributed by atoms with Gasteiger partial charge in [-0.05, 0) is 59.1 Å². The largest absolute Gasteiger partial charge is 0.366 e. The fourth-order valence-corrected chi connectivity index (χ4v) is 5.10. The minimum absolute atomic E-state index is 0.0205. The van der Waals surface area contributed by atoms with Crippen molar-refractivity contribution in [1.29, 1.82) is 0 Å². The molecule has 0 spiro atoms. The Morgan fingerprint density at radius 2 is 1.75 bits per heavy atom. The zero-order chi connectivity index (χ0) is 20.5. The molecule has 1 amide bonds. The average molecular weight is 390 g/mol. The number of carbonyl (C=O) groups is 1. The van der Waals surface area contributed by atoms with Gasteiger partial charge in [-0.1, -0.05) is 0 Å². The standard InChI is InChI=1S/C21H32N4O3/c1-20(2)13-16(14-21(3,4)23-20)22-19(26)15-8-9-17(18(12-15)25(27)28)24-10-6-5-7-11-24/h8-9,12,16,23H,5-7,10-11,13-14H2,1-4H3,(H,22,26)/p+1. The van der Waals surface area contributed by atoms with Gasteiger partial charge in [-0.15, -0.1) is 0 Å². The van der Waals surface area contributed by atoms with Crippen molar-refractivity contribution >= 4 is 17.3 Å². The first-order valence-electron chi connectivity index (χ1n) is 10.3. The van der Waals surface area contributed by atoms with E-state index in [-0.39, 0.29) is 33.6 Å². The Kier molecular flexibility index (Phi) is 5.66. The molecule has 1 aromatic rings. The van der Waals surface area contributed by atoms with E-state index in [4.69, 9.17) is 0 Å². The van der Waals surface area contributed by atoms with Gasteiger partial charge >= 0.3 is 0 Å². The van der Waals surface area contributed by atoms with Crippen LogP contribution in [0.15, 0.2) is 18.2 Å². The predicted octanol–water partition coefficient (Wildman–Crippen LogP) is 2.60. The number of nitro groups is 1. The molecule has 0 atom stereocenters. The van der Waals surface area contributed by atoms with Crippen LogP contribution < -0.4 is 15.5 Å². The fourth-order valence-electron chi connectivity index (χ4n) is 5.10. The lowest BCUT2D eigenvalue weighted by atomic mass is 9.79. The third-order valence-corrected chi connectivity index (χ3v) is 5.79. The fraction of sp³-hybridized carbons (Fsp3) is 0.667. The van der Waals surface area contributed by atoms with Crippen LogP contribution in [-0.4, -0.2) is 41.0 Å². The van der Waals surface area contributed by atoms with E-state index in [2.05, 4.69) is 43.2 Å². The summed E-state index contributed by atoms with van der Waals surface area (Å²) in [4.78, 5) is 26.2. The molecule has 0 saturated carbocycles. The first-order valence-corrected chi connectivity index (χ1v) is 10.3. The summed E-state index contributed by atoms with van der Waals surface area (Å²) in [6.07, 6.45) is 5.00. The van der Waals surface area contributed by atoms with E-state index in [1.807, 2.05) is 0 Å². The lowest BCUT2D eigenvalue weighted by molar-refractivity contribution is -0.787. The normalized spacial score (nSPS) is 21.9. The number of amides is 1. The number of nitrogens with zero attached hydrogens (tertiary/aromatic N) is 2. The molecule has 1 aromatic carbocycles. The topological polar surface area (TPSA) is 92.1 Å². The van der Waals surface area contributed by atoms with Crippen molar-refractivity contribution in [1.82, 2.24) is 5.32 Å². The van der Waals surface area contributed by atoms with Gasteiger partial charge in [0.25, 0.3) is 11.6 Å². The van der Waals surface area contributed by atoms with Gasteiger partial charge < -0.3 is 15.5 Å². The molecular weight excluding hydrogens is 356 g/mol. The summed E-state index contributed by atoms with van der Waals surface area (Å²) >= 11 is 0. The van der Waals surface area contributed by atoms with Gasteiger partial charge in [-0.2, -0.15) is 0 Å². The highest BCUT2D eigenvalue weighted by molar-refractivity contribution is 5.96. The Labute approximate surface area is 167 Å². The molecule has 3 rings (SSSR count). The molecule has 2 saturated heterocycles. The quantitative estimate of drug-likeness (QED) is 0.612. The SMILES string of the molecule is CC1(C)CC(NC(=O)c2ccc(N3CCCCC3)c([N+](=O)[O-])c2)CC(C)(C)[NH2+]1. The first kappa shape index (κ1) is 20.6. The van der Waals surface area contributed by atoms with Gasteiger partial charge in [0.1, 0.15) is 5.69 Å². The number of quaternary nitrogens is 1. The monoisotopic (exact) mass is 389 g/mol. The molecule has 2 heterocycles. The van der Waals surface area contributed by atoms with Crippen LogP contribution in [0.1, 0.15) is 70.2 Å². The van der Waals surface area contributed by atoms with Gasteiger partial charge in [-0.25, -0.2) is 0 Å². The van der Waals surface area contributed by atoms with Gasteiger partial charge in [0.05, 0.1) is 16.0 Å². The van der Waals surface area contributed by atoms with E-state index in [0.29, 0.717) is 11.3 Å². The molecule has 7 nitrogen and oxygen atoms in total. The second kappa shape index (κ2) is 7.70. The zero-order valence-electron chi connectivity index (χ0n) is 17.5. The molecule has 154 valence electrons. The second-order valence-corrected chi connectivity index (χ2v) is 9.71. The van der Waals surface area contributed by atoms with Crippen LogP contribution in [-0.2, 0) is 0 Å². The average Bonchev–Trinajstić information content (AvgIpc) is 2.59. The molecule has 0 aromatic heterocycles. The molecule has 0 unspecified atom stereocenters. The molecule has 0 bridgehead atoms. The third kappa shape index (κ3) is 4.82. The molecule has 3 N–H and O–H groups in total. The Morgan fingerprint density at radius 3 is 2.32 bits per heavy atom. The highest BCUT2D eigenvalue weighted by atomic mass is 16.6. The van der Waals surface area contributed by atoms with Crippen molar-refractivity contribution in [2.75, 3.05) is 18.0 Å². The van der Waals surface area contributed by atoms with E-state index in [0.717, 1.165) is 45.2 Å². The van der Waals surface area contributed by atoms with E-state index in [1.165, 1.54) is 6.07 Å². The summed E-state index contributed by atoms with van der Waals surface area (Å²) in [5, 5.41) is 17.1. The number of hydrogen-bond donors (Lipinski definition) is 2. The number of nitro benzene ring substituents is 1. The van der Waals surface area contributed by atoms with Crippen molar-refractivity contribution in [3.63, 3.8) is 0 Å². The molecule has 0 radical (unpaired) electrons. The zero-order valence-corrected chi connectivity index (χ0v) is 17.5. The number of rotatable bonds is 4. The third-order valence-electron chi connectivity index (χ3n) is 5.79. The van der Waals surface area contributed by atoms with E-state index < -0.39 is 0 Å². The predicted molar refractivity (Wildman–Crippen MR) is 110 cm³/mol. The van der Waals surface area contributed by atoms with Crippen LogP contribution in [0.25, 0.3) is 0 Å². The van der Waals surface area contributed by atoms with Crippen LogP contribution in [0.2, 0.25) is 0 Å². The van der Waals surface area contributed by atoms with E-state index in [9.17, 15) is 14.9 Å². The van der Waals surface area contributed by atoms with Crippen LogP contribution in [0, 0.1) is 10.1 Å². The Hall–Kier alpha value is -2.15. The molecule has 28 heavy (non-hydrogen) atoms. The number of nitrogens with two attached hydrogens (primary N) is 1. The van der Waals surface area contributed by atoms with Gasteiger partial charge in [0, 0.05) is 43.6 Å². The highest BCUT2D eigenvalue weighted by Crippen LogP contribution is 2.31. The van der Waals surface area contributed by atoms with Crippen LogP contribution in [0.5, 0.6) is 0 Å². The number of nitrogens with one attached hydrogen (secondary N) is 1. The molecule has 2 aliphatic heterocycles. The molecule has 2 fully saturated rings. The number of anilines is 1. The second-order valence-electron chi connectivity index (χ2n) is 9.71. The van der Waals surface area contributed by atoms with Crippen LogP contribution in [0.3, 0.4) is 0 Å². The summed E-state index contributed by atoms with van der Waals surface area (Å²) in [5.74, 6) is -0.230. The van der Waals surface area contributed by atoms with Gasteiger partial charge in [0.15, 0.2) is 0 Å². The summed E-state index contributed by atoms with van der Waals surface area (Å²) < 4.78 is 0. The minimum atomic E-state index is -0.373. The van der Waals surface area contributed by atoms with Crippen molar-refractivity contribution in [3.8, 4) is 0 Å². The number of benzene rings is 1. The van der Waals surface area contributed by atoms with Crippen LogP contribution >= 0.6 is 0 Å². The minimum Gasteiger partial charge on any atom is -0.366 e. The molecular formula is C21H33N4O3+. The maximum Gasteiger partial charge on any atom is 0.293 e. The number of carbonyl (C=O) groups excluding carboxylic acids is 1. The maximum absolute atomic E-state index is 12.8. The highest BCUT2D eigenvalue weighted by Gasteiger charge is 2.42. The Bertz CT molecular complexity index is 738. The Morgan fingerprint density at radius 1 is 1.14 bits per heavy atom. The molecule has 0 aliphatic carbocycles. The summed E-state index contributed by atoms with van der Waals surface area (Å²) in [6, 6.07) is 4.95. The van der Waals surface area contributed by atoms with Crippen molar-refractivity contribution < 1.29 is 15.0 Å². The molecule has 2 aliphatic rings. The maximum atomic E-state index is 12.8. The van der Waals surface area contributed by atoms with Crippen LogP contribution in [0.4, 0.5) is 11.4 Å². The first-order chi connectivity index (χ1) is 13.1. The smallest absolute Gasteiger partial charge is 0.293 e. The van der Waals surface area contributed by atoms with E-state index >= 15 is 0 Å². The summed E-state index contributed by atoms with van der Waals surface area (Å²) in [6.45, 7) is 10.4. The van der Waals surface area contributed by atoms with Crippen molar-refractivity contribution in [2.24, 2.45) is 0 Å². The summed E-state index contributed by atoms with van der Waals surface area (Å²) in [7, 11) is 0. The lowest BCUT2D eigenvalue weighted by Crippen LogP contribution is -3.06. The lowest BCUT2D eigenvalue weighted by Gasteiger charge is -2.43. The van der Waals surface area contributed by atoms with Gasteiger partial charge in [0.2, 0.25) is 0 Å². The van der Waals surface area contributed by atoms with Gasteiger partial charge in [-0.3, -0.25) is 14.9 Å². The molecule has 7 heteroatoms. The Balaban J connectivity index is 1.78. The summed E-state index contributed by atoms with van der Waals surface area (Å²) in [5.41, 5.74) is 1.09.